The van der Waals surface area contributed by atoms with E-state index in [1.807, 2.05) is 0 Å². The molecule has 0 N–H and O–H groups in total. The maximum atomic E-state index is 12.2. The topological polar surface area (TPSA) is 92.3 Å². The molecule has 0 unspecified atom stereocenters. The maximum Gasteiger partial charge on any atom is 0.460 e. The second-order valence-corrected chi connectivity index (χ2v) is 8.85. The van der Waals surface area contributed by atoms with E-state index in [1.165, 1.54) is 0 Å². The fourth-order valence-electron chi connectivity index (χ4n) is 2.31. The molecule has 0 aliphatic rings. The molecule has 1 aromatic rings. The third-order valence-corrected chi connectivity index (χ3v) is 5.32. The van der Waals surface area contributed by atoms with Gasteiger partial charge in [0.1, 0.15) is 12.4 Å². The van der Waals surface area contributed by atoms with Crippen molar-refractivity contribution in [3.63, 3.8) is 0 Å². The van der Waals surface area contributed by atoms with Gasteiger partial charge in [0, 0.05) is 5.57 Å². The Morgan fingerprint density at radius 1 is 1.00 bits per heavy atom. The molecule has 0 spiro atoms. The summed E-state index contributed by atoms with van der Waals surface area (Å²) in [5.41, 5.74) is 0.469. The smallest absolute Gasteiger partial charge is 0.460 e. The third kappa shape index (κ3) is 8.67. The van der Waals surface area contributed by atoms with Crippen LogP contribution in [-0.4, -0.2) is 53.4 Å². The van der Waals surface area contributed by atoms with Crippen molar-refractivity contribution in [3.05, 3.63) is 30.9 Å². The highest BCUT2D eigenvalue weighted by atomic mass is 32.2. The molecule has 17 heteroatoms. The number of halogens is 9. The summed E-state index contributed by atoms with van der Waals surface area (Å²) >= 11 is 0. The van der Waals surface area contributed by atoms with Crippen LogP contribution in [0, 0.1) is 0 Å². The molecule has 1 rings (SSSR count). The highest BCUT2D eigenvalue weighted by Crippen LogP contribution is 2.54. The number of hydrogen-bond acceptors (Lipinski definition) is 5. The van der Waals surface area contributed by atoms with Crippen LogP contribution >= 0.6 is 0 Å². The number of nitrogens with zero attached hydrogens (tertiary/aromatic N) is 2. The Kier molecular flexibility index (Phi) is 12.0. The summed E-state index contributed by atoms with van der Waals surface area (Å²) in [4.78, 5) is 11.1. The van der Waals surface area contributed by atoms with Gasteiger partial charge in [0.25, 0.3) is 0 Å². The predicted molar refractivity (Wildman–Crippen MR) is 105 cm³/mol. The first kappa shape index (κ1) is 33.7. The lowest BCUT2D eigenvalue weighted by Gasteiger charge is -2.34. The van der Waals surface area contributed by atoms with E-state index in [0.29, 0.717) is 12.2 Å². The number of rotatable bonds is 12. The number of imidazole rings is 1. The molecule has 0 saturated heterocycles. The molecule has 0 aliphatic heterocycles. The molecule has 210 valence electrons. The fraction of sp³-hybridized carbons (Fsp3) is 0.684. The molecule has 36 heavy (non-hydrogen) atoms. The highest BCUT2D eigenvalue weighted by Gasteiger charge is 2.83. The minimum atomic E-state index is -7.43. The first-order chi connectivity index (χ1) is 16.1. The van der Waals surface area contributed by atoms with E-state index in [2.05, 4.69) is 41.4 Å². The van der Waals surface area contributed by atoms with Crippen molar-refractivity contribution in [1.82, 2.24) is 4.57 Å². The van der Waals surface area contributed by atoms with E-state index < -0.39 is 33.4 Å². The van der Waals surface area contributed by atoms with Crippen molar-refractivity contribution in [2.24, 2.45) is 0 Å². The lowest BCUT2D eigenvalue weighted by Crippen LogP contribution is -2.63. The summed E-state index contributed by atoms with van der Waals surface area (Å²) in [7, 11) is -7.42. The second kappa shape index (κ2) is 12.8. The van der Waals surface area contributed by atoms with Gasteiger partial charge in [0.2, 0.25) is 6.33 Å². The van der Waals surface area contributed by atoms with Gasteiger partial charge in [-0.05, 0) is 39.5 Å². The van der Waals surface area contributed by atoms with Gasteiger partial charge in [-0.1, -0.05) is 6.58 Å². The third-order valence-electron chi connectivity index (χ3n) is 4.43. The van der Waals surface area contributed by atoms with Crippen LogP contribution < -0.4 is 4.57 Å². The number of aromatic nitrogens is 2. The summed E-state index contributed by atoms with van der Waals surface area (Å²) in [5, 5.41) is -7.11. The van der Waals surface area contributed by atoms with Crippen LogP contribution in [0.4, 0.5) is 39.5 Å². The number of carbonyl (C=O) groups excluding carboxylic acids is 1. The number of carbonyl (C=O) groups is 1. The SMILES string of the molecule is C=C(C)C(=O)OCCCCCC[n+]1ccn(CC)c1.O=S(=O)([O-])C(F)(F)C(F)(F)C(F)(F)C(F)(F)F. The van der Waals surface area contributed by atoms with E-state index >= 15 is 0 Å². The first-order valence-electron chi connectivity index (χ1n) is 10.2. The Morgan fingerprint density at radius 3 is 1.94 bits per heavy atom. The summed E-state index contributed by atoms with van der Waals surface area (Å²) in [6, 6.07) is 0. The van der Waals surface area contributed by atoms with Gasteiger partial charge in [-0.15, -0.1) is 0 Å². The molecular weight excluding hydrogens is 539 g/mol. The quantitative estimate of drug-likeness (QED) is 0.0936. The first-order valence-corrected chi connectivity index (χ1v) is 11.6. The zero-order valence-corrected chi connectivity index (χ0v) is 20.0. The summed E-state index contributed by atoms with van der Waals surface area (Å²) < 4.78 is 145. The van der Waals surface area contributed by atoms with E-state index in [4.69, 9.17) is 4.74 Å². The van der Waals surface area contributed by atoms with Crippen LogP contribution in [0.15, 0.2) is 30.9 Å². The van der Waals surface area contributed by atoms with Gasteiger partial charge in [-0.2, -0.15) is 39.5 Å². The molecule has 1 aromatic heterocycles. The van der Waals surface area contributed by atoms with Gasteiger partial charge in [-0.25, -0.2) is 22.3 Å². The largest absolute Gasteiger partial charge is 0.743 e. The van der Waals surface area contributed by atoms with E-state index in [1.54, 1.807) is 6.92 Å². The number of ether oxygens (including phenoxy) is 1. The minimum absolute atomic E-state index is 0.281. The molecule has 0 bridgehead atoms. The summed E-state index contributed by atoms with van der Waals surface area (Å²) in [6.07, 6.45) is 3.52. The molecule has 0 aromatic carbocycles. The number of esters is 1. The lowest BCUT2D eigenvalue weighted by atomic mass is 10.1. The number of hydrogen-bond donors (Lipinski definition) is 0. The molecule has 0 fully saturated rings. The second-order valence-electron chi connectivity index (χ2n) is 7.43. The van der Waals surface area contributed by atoms with Crippen LogP contribution in [0.3, 0.4) is 0 Å². The summed E-state index contributed by atoms with van der Waals surface area (Å²) in [6.45, 7) is 9.92. The van der Waals surface area contributed by atoms with Crippen LogP contribution in [0.1, 0.15) is 39.5 Å². The van der Waals surface area contributed by atoms with Gasteiger partial charge >= 0.3 is 29.2 Å². The van der Waals surface area contributed by atoms with Crippen LogP contribution in [0.2, 0.25) is 0 Å². The fourth-order valence-corrected chi connectivity index (χ4v) is 2.76. The molecule has 7 nitrogen and oxygen atoms in total. The number of alkyl halides is 9. The Labute approximate surface area is 201 Å². The van der Waals surface area contributed by atoms with Crippen molar-refractivity contribution in [2.45, 2.75) is 75.9 Å². The molecular formula is C19H25F9N2O5S. The molecule has 0 aliphatic carbocycles. The van der Waals surface area contributed by atoms with Crippen LogP contribution in [0.5, 0.6) is 0 Å². The van der Waals surface area contributed by atoms with Crippen molar-refractivity contribution in [3.8, 4) is 0 Å². The van der Waals surface area contributed by atoms with Gasteiger partial charge in [0.05, 0.1) is 19.7 Å². The Balaban J connectivity index is 0.000000686. The zero-order valence-electron chi connectivity index (χ0n) is 19.1. The van der Waals surface area contributed by atoms with Gasteiger partial charge < -0.3 is 9.29 Å². The summed E-state index contributed by atoms with van der Waals surface area (Å²) in [5.74, 6) is -15.1. The van der Waals surface area contributed by atoms with Crippen molar-refractivity contribution in [1.29, 1.82) is 0 Å². The highest BCUT2D eigenvalue weighted by molar-refractivity contribution is 7.86. The molecule has 0 atom stereocenters. The van der Waals surface area contributed by atoms with Gasteiger partial charge in [-0.3, -0.25) is 0 Å². The molecule has 0 radical (unpaired) electrons. The Bertz CT molecular complexity index is 976. The average molecular weight is 564 g/mol. The monoisotopic (exact) mass is 564 g/mol. The molecule has 0 saturated carbocycles. The van der Waals surface area contributed by atoms with E-state index in [0.717, 1.165) is 38.8 Å². The van der Waals surface area contributed by atoms with E-state index in [-0.39, 0.29) is 5.97 Å². The van der Waals surface area contributed by atoms with Crippen LogP contribution in [-0.2, 0) is 32.7 Å². The number of aryl methyl sites for hydroxylation is 2. The van der Waals surface area contributed by atoms with Crippen molar-refractivity contribution >= 4 is 16.1 Å². The minimum Gasteiger partial charge on any atom is -0.743 e. The maximum absolute atomic E-state index is 12.2. The normalized spacial score (nSPS) is 13.1. The average Bonchev–Trinajstić information content (AvgIpc) is 3.19. The zero-order chi connectivity index (χ0) is 28.6. The standard InChI is InChI=1S/C15H25N2O2.C4HF9O3S/c1-4-16-10-11-17(13-16)9-7-5-6-8-12-19-15(18)14(2)3;5-1(6,3(9,10)11)2(7,8)4(12,13)17(14,15)16/h10-11,13H,2,4-9,12H2,1,3H3;(H,14,15,16)/q+1;/p-1. The molecule has 1 heterocycles. The molecule has 0 amide bonds. The lowest BCUT2D eigenvalue weighted by molar-refractivity contribution is -0.696. The number of unbranched alkanes of at least 4 members (excludes halogenated alkanes) is 3. The van der Waals surface area contributed by atoms with E-state index in [9.17, 15) is 57.3 Å². The Morgan fingerprint density at radius 2 is 1.53 bits per heavy atom. The predicted octanol–water partition coefficient (Wildman–Crippen LogP) is 4.43. The van der Waals surface area contributed by atoms with Crippen molar-refractivity contribution in [2.75, 3.05) is 6.61 Å². The van der Waals surface area contributed by atoms with Crippen LogP contribution in [0.25, 0.3) is 0 Å². The van der Waals surface area contributed by atoms with Crippen molar-refractivity contribution < 1.29 is 66.6 Å². The van der Waals surface area contributed by atoms with Gasteiger partial charge in [0.15, 0.2) is 10.1 Å². The Hall–Kier alpha value is -2.30.